The summed E-state index contributed by atoms with van der Waals surface area (Å²) in [6.07, 6.45) is 4.78. The Morgan fingerprint density at radius 2 is 1.90 bits per heavy atom. The minimum Gasteiger partial charge on any atom is -0.497 e. The molecule has 1 fully saturated rings. The van der Waals surface area contributed by atoms with Gasteiger partial charge in [-0.3, -0.25) is 9.59 Å². The van der Waals surface area contributed by atoms with E-state index in [4.69, 9.17) is 4.74 Å². The van der Waals surface area contributed by atoms with Crippen molar-refractivity contribution >= 4 is 23.6 Å². The molecular weight excluding hydrogens is 396 g/mol. The topological polar surface area (TPSA) is 58.6 Å². The molecule has 3 atom stereocenters. The van der Waals surface area contributed by atoms with Gasteiger partial charge in [0.1, 0.15) is 17.2 Å². The minimum absolute atomic E-state index is 0.0730. The number of allylic oxidation sites excluding steroid dienone is 1. The number of thioether (sulfide) groups is 1. The van der Waals surface area contributed by atoms with Gasteiger partial charge >= 0.3 is 0 Å². The number of carbonyl (C=O) groups excluding carboxylic acids is 2. The van der Waals surface area contributed by atoms with Crippen molar-refractivity contribution in [3.63, 3.8) is 0 Å². The van der Waals surface area contributed by atoms with Gasteiger partial charge in [0.2, 0.25) is 5.91 Å². The van der Waals surface area contributed by atoms with Crippen molar-refractivity contribution in [3.8, 4) is 5.75 Å². The van der Waals surface area contributed by atoms with Crippen LogP contribution in [-0.4, -0.2) is 40.5 Å². The molecule has 30 heavy (non-hydrogen) atoms. The van der Waals surface area contributed by atoms with Crippen LogP contribution in [0.1, 0.15) is 11.1 Å². The summed E-state index contributed by atoms with van der Waals surface area (Å²) < 4.78 is 5.23. The molecule has 2 aromatic carbocycles. The maximum atomic E-state index is 12.6. The van der Waals surface area contributed by atoms with E-state index in [1.54, 1.807) is 23.8 Å². The lowest BCUT2D eigenvalue weighted by Crippen LogP contribution is -2.69. The molecule has 1 N–H and O–H groups in total. The molecule has 2 amide bonds. The van der Waals surface area contributed by atoms with Gasteiger partial charge in [0.05, 0.1) is 13.5 Å². The number of β-lactam (4-membered cyclic amide) rings is 1. The van der Waals surface area contributed by atoms with Gasteiger partial charge in [-0.2, -0.15) is 0 Å². The Kier molecular flexibility index (Phi) is 5.95. The quantitative estimate of drug-likeness (QED) is 0.698. The predicted molar refractivity (Wildman–Crippen MR) is 119 cm³/mol. The highest BCUT2D eigenvalue weighted by Gasteiger charge is 2.51. The lowest BCUT2D eigenvalue weighted by atomic mass is 10.0. The van der Waals surface area contributed by atoms with Crippen LogP contribution in [0.4, 0.5) is 0 Å². The Labute approximate surface area is 180 Å². The summed E-state index contributed by atoms with van der Waals surface area (Å²) in [6, 6.07) is 17.1. The van der Waals surface area contributed by atoms with Crippen LogP contribution in [-0.2, 0) is 22.4 Å². The Balaban J connectivity index is 1.43. The number of methoxy groups -OCH3 is 1. The van der Waals surface area contributed by atoms with Crippen LogP contribution in [0.3, 0.4) is 0 Å². The Bertz CT molecular complexity index is 972. The maximum Gasteiger partial charge on any atom is 0.253 e. The van der Waals surface area contributed by atoms with Crippen LogP contribution in [0.5, 0.6) is 5.75 Å². The second kappa shape index (κ2) is 8.79. The molecule has 2 unspecified atom stereocenters. The third-order valence-corrected chi connectivity index (χ3v) is 6.93. The van der Waals surface area contributed by atoms with E-state index in [0.717, 1.165) is 23.3 Å². The number of nitrogens with one attached hydrogen (secondary N) is 1. The van der Waals surface area contributed by atoms with E-state index in [9.17, 15) is 9.59 Å². The molecule has 2 aliphatic rings. The monoisotopic (exact) mass is 420 g/mol. The van der Waals surface area contributed by atoms with Crippen LogP contribution >= 0.6 is 11.8 Å². The molecule has 154 valence electrons. The lowest BCUT2D eigenvalue weighted by molar-refractivity contribution is -0.144. The van der Waals surface area contributed by atoms with Crippen LogP contribution in [0.25, 0.3) is 0 Å². The van der Waals surface area contributed by atoms with E-state index in [2.05, 4.69) is 24.0 Å². The molecule has 0 bridgehead atoms. The molecule has 2 heterocycles. The van der Waals surface area contributed by atoms with Crippen molar-refractivity contribution in [1.82, 2.24) is 10.2 Å². The summed E-state index contributed by atoms with van der Waals surface area (Å²) in [5, 5.41) is 3.00. The Morgan fingerprint density at radius 1 is 1.17 bits per heavy atom. The van der Waals surface area contributed by atoms with Gasteiger partial charge in [-0.05, 0) is 35.3 Å². The molecule has 1 saturated heterocycles. The zero-order valence-electron chi connectivity index (χ0n) is 16.8. The van der Waals surface area contributed by atoms with Crippen molar-refractivity contribution in [2.75, 3.05) is 7.11 Å². The maximum absolute atomic E-state index is 12.6. The van der Waals surface area contributed by atoms with Crippen LogP contribution < -0.4 is 10.1 Å². The number of hydrogen-bond donors (Lipinski definition) is 1. The van der Waals surface area contributed by atoms with Gasteiger partial charge in [-0.1, -0.05) is 55.1 Å². The van der Waals surface area contributed by atoms with Gasteiger partial charge in [-0.15, -0.1) is 11.8 Å². The molecular formula is C24H24N2O3S. The first kappa shape index (κ1) is 20.3. The highest BCUT2D eigenvalue weighted by molar-refractivity contribution is 8.00. The van der Waals surface area contributed by atoms with Crippen molar-refractivity contribution in [2.24, 2.45) is 0 Å². The van der Waals surface area contributed by atoms with Gasteiger partial charge < -0.3 is 15.0 Å². The molecule has 5 nitrogen and oxygen atoms in total. The molecule has 0 radical (unpaired) electrons. The zero-order chi connectivity index (χ0) is 21.1. The van der Waals surface area contributed by atoms with Gasteiger partial charge in [-0.25, -0.2) is 0 Å². The molecule has 4 rings (SSSR count). The lowest BCUT2D eigenvalue weighted by Gasteiger charge is -2.49. The average molecular weight is 421 g/mol. The summed E-state index contributed by atoms with van der Waals surface area (Å²) in [6.45, 7) is 3.92. The van der Waals surface area contributed by atoms with Crippen LogP contribution in [0.15, 0.2) is 79.0 Å². The fourth-order valence-corrected chi connectivity index (χ4v) is 5.30. The third kappa shape index (κ3) is 4.14. The van der Waals surface area contributed by atoms with Crippen molar-refractivity contribution in [3.05, 3.63) is 90.2 Å². The standard InChI is InChI=1S/C24H24N2O3S/c1-3-18-15-26-23(28)22(25-21(27)14-16-7-5-4-6-8-16)24(26)30-20(18)13-17-9-11-19(29-2)12-10-17/h3-12,15,20,22,24H,1,13-14H2,2H3,(H,25,27)/t20?,22?,24-/m1/s1. The summed E-state index contributed by atoms with van der Waals surface area (Å²) in [5.74, 6) is 0.618. The Hall–Kier alpha value is -2.99. The molecule has 2 aliphatic heterocycles. The SMILES string of the molecule is C=CC1=CN2C(=O)C(NC(=O)Cc3ccccc3)[C@H]2SC1Cc1ccc(OC)cc1. The molecule has 0 aliphatic carbocycles. The smallest absolute Gasteiger partial charge is 0.253 e. The number of rotatable bonds is 7. The zero-order valence-corrected chi connectivity index (χ0v) is 17.6. The van der Waals surface area contributed by atoms with Gasteiger partial charge in [0, 0.05) is 11.4 Å². The molecule has 0 aromatic heterocycles. The van der Waals surface area contributed by atoms with E-state index < -0.39 is 6.04 Å². The summed E-state index contributed by atoms with van der Waals surface area (Å²) in [4.78, 5) is 26.7. The fourth-order valence-electron chi connectivity index (χ4n) is 3.72. The third-order valence-electron chi connectivity index (χ3n) is 5.38. The number of fused-ring (bicyclic) bond motifs is 1. The number of nitrogens with zero attached hydrogens (tertiary/aromatic N) is 1. The first-order chi connectivity index (χ1) is 14.6. The summed E-state index contributed by atoms with van der Waals surface area (Å²) in [7, 11) is 1.65. The van der Waals surface area contributed by atoms with E-state index >= 15 is 0 Å². The summed E-state index contributed by atoms with van der Waals surface area (Å²) in [5.41, 5.74) is 3.14. The van der Waals surface area contributed by atoms with Crippen molar-refractivity contribution in [1.29, 1.82) is 0 Å². The normalized spacial score (nSPS) is 22.4. The first-order valence-electron chi connectivity index (χ1n) is 9.87. The van der Waals surface area contributed by atoms with Gasteiger partial charge in [0.25, 0.3) is 5.91 Å². The second-order valence-electron chi connectivity index (χ2n) is 7.35. The van der Waals surface area contributed by atoms with E-state index in [-0.39, 0.29) is 28.9 Å². The number of hydrogen-bond acceptors (Lipinski definition) is 4. The molecule has 0 spiro atoms. The average Bonchev–Trinajstić information content (AvgIpc) is 2.78. The van der Waals surface area contributed by atoms with E-state index in [0.29, 0.717) is 0 Å². The first-order valence-corrected chi connectivity index (χ1v) is 10.8. The summed E-state index contributed by atoms with van der Waals surface area (Å²) >= 11 is 1.70. The van der Waals surface area contributed by atoms with Crippen LogP contribution in [0.2, 0.25) is 0 Å². The highest BCUT2D eigenvalue weighted by atomic mass is 32.2. The Morgan fingerprint density at radius 3 is 2.57 bits per heavy atom. The number of benzene rings is 2. The molecule has 2 aromatic rings. The minimum atomic E-state index is -0.493. The number of carbonyl (C=O) groups is 2. The fraction of sp³-hybridized carbons (Fsp3) is 0.250. The van der Waals surface area contributed by atoms with Gasteiger partial charge in [0.15, 0.2) is 0 Å². The predicted octanol–water partition coefficient (Wildman–Crippen LogP) is 3.32. The largest absolute Gasteiger partial charge is 0.497 e. The van der Waals surface area contributed by atoms with Crippen LogP contribution in [0, 0.1) is 0 Å². The highest BCUT2D eigenvalue weighted by Crippen LogP contribution is 2.42. The molecule has 0 saturated carbocycles. The number of amides is 2. The number of ether oxygens (including phenoxy) is 1. The van der Waals surface area contributed by atoms with Crippen molar-refractivity contribution < 1.29 is 14.3 Å². The van der Waals surface area contributed by atoms with E-state index in [1.165, 1.54) is 5.56 Å². The van der Waals surface area contributed by atoms with Crippen molar-refractivity contribution in [2.45, 2.75) is 29.5 Å². The van der Waals surface area contributed by atoms with E-state index in [1.807, 2.05) is 54.7 Å². The molecule has 6 heteroatoms. The second-order valence-corrected chi connectivity index (χ2v) is 8.68.